The van der Waals surface area contributed by atoms with Crippen LogP contribution in [0.5, 0.6) is 11.5 Å². The van der Waals surface area contributed by atoms with Crippen molar-refractivity contribution in [1.29, 1.82) is 0 Å². The fourth-order valence-electron chi connectivity index (χ4n) is 2.26. The van der Waals surface area contributed by atoms with Crippen LogP contribution in [-0.2, 0) is 19.1 Å². The minimum Gasteiger partial charge on any atom is -0.504 e. The second-order valence-electron chi connectivity index (χ2n) is 6.38. The largest absolute Gasteiger partial charge is 0.504 e. The first kappa shape index (κ1) is 22.2. The van der Waals surface area contributed by atoms with Gasteiger partial charge in [-0.15, -0.1) is 0 Å². The van der Waals surface area contributed by atoms with E-state index < -0.39 is 54.0 Å². The Balaban J connectivity index is 3.13. The summed E-state index contributed by atoms with van der Waals surface area (Å²) in [5.74, 6) is -5.43. The van der Waals surface area contributed by atoms with E-state index in [2.05, 4.69) is 5.32 Å². The van der Waals surface area contributed by atoms with Crippen LogP contribution in [0.3, 0.4) is 0 Å². The van der Waals surface area contributed by atoms with Gasteiger partial charge in [-0.2, -0.15) is 0 Å². The molecule has 10 heteroatoms. The van der Waals surface area contributed by atoms with Gasteiger partial charge in [0, 0.05) is 12.6 Å². The average molecular weight is 385 g/mol. The Bertz CT molecular complexity index is 686. The molecule has 0 saturated heterocycles. The lowest BCUT2D eigenvalue weighted by Crippen LogP contribution is -2.45. The molecule has 0 aliphatic carbocycles. The second-order valence-corrected chi connectivity index (χ2v) is 6.38. The Morgan fingerprint density at radius 3 is 2.07 bits per heavy atom. The summed E-state index contributed by atoms with van der Waals surface area (Å²) in [6.45, 7) is 3.67. The molecule has 6 N–H and O–H groups in total. The molecule has 0 amide bonds. The summed E-state index contributed by atoms with van der Waals surface area (Å²) in [6, 6.07) is 3.65. The number of hydrogen-bond acceptors (Lipinski definition) is 8. The monoisotopic (exact) mass is 385 g/mol. The molecule has 0 heterocycles. The molecule has 1 rings (SSSR count). The summed E-state index contributed by atoms with van der Waals surface area (Å²) in [4.78, 5) is 34.2. The second kappa shape index (κ2) is 9.19. The zero-order valence-corrected chi connectivity index (χ0v) is 14.9. The summed E-state index contributed by atoms with van der Waals surface area (Å²) < 4.78 is 5.18. The number of esters is 1. The van der Waals surface area contributed by atoms with E-state index in [0.29, 0.717) is 0 Å². The topological polar surface area (TPSA) is 174 Å². The van der Waals surface area contributed by atoms with Gasteiger partial charge in [0.25, 0.3) is 0 Å². The third-order valence-electron chi connectivity index (χ3n) is 3.60. The SMILES string of the molecule is CC(C)NCC(OC(=O)C(O)(CC(=O)O)CC(=O)O)c1ccc(O)c(O)c1. The first-order chi connectivity index (χ1) is 12.4. The number of ether oxygens (including phenoxy) is 1. The molecule has 0 aliphatic rings. The molecule has 1 atom stereocenters. The maximum atomic E-state index is 12.4. The van der Waals surface area contributed by atoms with E-state index in [1.54, 1.807) is 0 Å². The van der Waals surface area contributed by atoms with Crippen LogP contribution in [0.1, 0.15) is 38.4 Å². The lowest BCUT2D eigenvalue weighted by atomic mass is 9.95. The number of phenols is 2. The molecule has 0 radical (unpaired) electrons. The summed E-state index contributed by atoms with van der Waals surface area (Å²) >= 11 is 0. The Morgan fingerprint density at radius 1 is 1.07 bits per heavy atom. The highest BCUT2D eigenvalue weighted by Crippen LogP contribution is 2.30. The first-order valence-corrected chi connectivity index (χ1v) is 8.07. The Labute approximate surface area is 155 Å². The Morgan fingerprint density at radius 2 is 1.63 bits per heavy atom. The van der Waals surface area contributed by atoms with Gasteiger partial charge >= 0.3 is 17.9 Å². The molecular formula is C17H23NO9. The van der Waals surface area contributed by atoms with Gasteiger partial charge in [0.05, 0.1) is 12.8 Å². The first-order valence-electron chi connectivity index (χ1n) is 8.07. The van der Waals surface area contributed by atoms with Crippen molar-refractivity contribution in [2.24, 2.45) is 0 Å². The molecular weight excluding hydrogens is 362 g/mol. The summed E-state index contributed by atoms with van der Waals surface area (Å²) in [5, 5.41) is 50.0. The predicted molar refractivity (Wildman–Crippen MR) is 91.2 cm³/mol. The molecule has 0 aromatic heterocycles. The number of aliphatic hydroxyl groups is 1. The highest BCUT2D eigenvalue weighted by Gasteiger charge is 2.43. The number of aromatic hydroxyl groups is 2. The van der Waals surface area contributed by atoms with Crippen LogP contribution in [0.15, 0.2) is 18.2 Å². The number of rotatable bonds is 10. The van der Waals surface area contributed by atoms with Crippen LogP contribution in [-0.4, -0.2) is 61.6 Å². The normalized spacial score (nSPS) is 12.6. The van der Waals surface area contributed by atoms with E-state index in [0.717, 1.165) is 6.07 Å². The molecule has 0 aliphatic heterocycles. The standard InChI is InChI=1S/C17H23NO9/c1-9(2)18-8-13(10-3-4-11(19)12(20)5-10)27-16(25)17(26,6-14(21)22)7-15(23)24/h3-5,9,13,18-20,26H,6-8H2,1-2H3,(H,21,22)(H,23,24). The number of carboxylic acids is 2. The van der Waals surface area contributed by atoms with Gasteiger partial charge in [-0.25, -0.2) is 4.79 Å². The molecule has 1 unspecified atom stereocenters. The number of phenolic OH excluding ortho intramolecular Hbond substituents is 2. The van der Waals surface area contributed by atoms with Crippen molar-refractivity contribution < 1.29 is 44.7 Å². The number of carboxylic acid groups (broad SMARTS) is 2. The predicted octanol–water partition coefficient (Wildman–Crippen LogP) is 0.361. The molecule has 0 spiro atoms. The zero-order valence-electron chi connectivity index (χ0n) is 14.9. The van der Waals surface area contributed by atoms with Gasteiger partial charge in [-0.1, -0.05) is 19.9 Å². The minimum absolute atomic E-state index is 0.0196. The van der Waals surface area contributed by atoms with Crippen molar-refractivity contribution in [3.8, 4) is 11.5 Å². The van der Waals surface area contributed by atoms with Gasteiger partial charge in [0.15, 0.2) is 17.1 Å². The van der Waals surface area contributed by atoms with Crippen LogP contribution in [0, 0.1) is 0 Å². The number of benzene rings is 1. The highest BCUT2D eigenvalue weighted by molar-refractivity contribution is 5.89. The van der Waals surface area contributed by atoms with E-state index in [-0.39, 0.29) is 18.2 Å². The fourth-order valence-corrected chi connectivity index (χ4v) is 2.26. The van der Waals surface area contributed by atoms with Crippen LogP contribution >= 0.6 is 0 Å². The lowest BCUT2D eigenvalue weighted by molar-refractivity contribution is -0.180. The molecule has 1 aromatic carbocycles. The number of nitrogens with one attached hydrogen (secondary N) is 1. The van der Waals surface area contributed by atoms with Crippen LogP contribution in [0.25, 0.3) is 0 Å². The molecule has 1 aromatic rings. The van der Waals surface area contributed by atoms with Crippen molar-refractivity contribution in [3.63, 3.8) is 0 Å². The molecule has 0 saturated carbocycles. The fraction of sp³-hybridized carbons (Fsp3) is 0.471. The van der Waals surface area contributed by atoms with Crippen molar-refractivity contribution in [1.82, 2.24) is 5.32 Å². The van der Waals surface area contributed by atoms with Gasteiger partial charge < -0.3 is 35.6 Å². The summed E-state index contributed by atoms with van der Waals surface area (Å²) in [5.41, 5.74) is -2.51. The molecule has 0 fully saturated rings. The van der Waals surface area contributed by atoms with E-state index in [1.807, 2.05) is 13.8 Å². The smallest absolute Gasteiger partial charge is 0.340 e. The summed E-state index contributed by atoms with van der Waals surface area (Å²) in [6.07, 6.45) is -3.38. The van der Waals surface area contributed by atoms with Crippen LogP contribution in [0.2, 0.25) is 0 Å². The number of carbonyl (C=O) groups is 3. The molecule has 150 valence electrons. The van der Waals surface area contributed by atoms with Crippen molar-refractivity contribution in [2.75, 3.05) is 6.54 Å². The highest BCUT2D eigenvalue weighted by atomic mass is 16.6. The van der Waals surface area contributed by atoms with Crippen LogP contribution < -0.4 is 5.32 Å². The third kappa shape index (κ3) is 6.76. The van der Waals surface area contributed by atoms with Gasteiger partial charge in [-0.05, 0) is 17.7 Å². The van der Waals surface area contributed by atoms with Crippen molar-refractivity contribution >= 4 is 17.9 Å². The van der Waals surface area contributed by atoms with Crippen molar-refractivity contribution in [2.45, 2.75) is 44.4 Å². The quantitative estimate of drug-likeness (QED) is 0.244. The number of aliphatic carboxylic acids is 2. The maximum absolute atomic E-state index is 12.4. The van der Waals surface area contributed by atoms with Crippen molar-refractivity contribution in [3.05, 3.63) is 23.8 Å². The van der Waals surface area contributed by atoms with Gasteiger partial charge in [0.1, 0.15) is 6.10 Å². The van der Waals surface area contributed by atoms with Gasteiger partial charge in [0.2, 0.25) is 0 Å². The van der Waals surface area contributed by atoms with Gasteiger partial charge in [-0.3, -0.25) is 9.59 Å². The minimum atomic E-state index is -2.76. The Hall–Kier alpha value is -2.85. The van der Waals surface area contributed by atoms with E-state index in [9.17, 15) is 29.7 Å². The number of hydrogen-bond donors (Lipinski definition) is 6. The zero-order chi connectivity index (χ0) is 20.8. The number of carbonyl (C=O) groups excluding carboxylic acids is 1. The van der Waals surface area contributed by atoms with E-state index in [4.69, 9.17) is 14.9 Å². The molecule has 27 heavy (non-hydrogen) atoms. The maximum Gasteiger partial charge on any atom is 0.340 e. The van der Waals surface area contributed by atoms with Crippen LogP contribution in [0.4, 0.5) is 0 Å². The Kier molecular flexibility index (Phi) is 7.56. The average Bonchev–Trinajstić information content (AvgIpc) is 2.52. The van der Waals surface area contributed by atoms with E-state index >= 15 is 0 Å². The van der Waals surface area contributed by atoms with E-state index in [1.165, 1.54) is 12.1 Å². The third-order valence-corrected chi connectivity index (χ3v) is 3.60. The lowest BCUT2D eigenvalue weighted by Gasteiger charge is -2.27. The molecule has 10 nitrogen and oxygen atoms in total. The molecule has 0 bridgehead atoms. The summed E-state index contributed by atoms with van der Waals surface area (Å²) in [7, 11) is 0.